The highest BCUT2D eigenvalue weighted by Gasteiger charge is 2.37. The molecule has 0 atom stereocenters. The van der Waals surface area contributed by atoms with Crippen molar-refractivity contribution in [1.29, 1.82) is 0 Å². The van der Waals surface area contributed by atoms with Crippen molar-refractivity contribution in [2.24, 2.45) is 0 Å². The van der Waals surface area contributed by atoms with Gasteiger partial charge < -0.3 is 9.47 Å². The van der Waals surface area contributed by atoms with E-state index in [9.17, 15) is 44.7 Å². The molecule has 0 N–H and O–H groups in total. The summed E-state index contributed by atoms with van der Waals surface area (Å²) < 4.78 is 120. The summed E-state index contributed by atoms with van der Waals surface area (Å²) in [7, 11) is 1.22. The zero-order valence-corrected chi connectivity index (χ0v) is 13.7. The zero-order chi connectivity index (χ0) is 21.5. The molecule has 0 aromatic heterocycles. The van der Waals surface area contributed by atoms with E-state index in [2.05, 4.69) is 9.47 Å². The van der Waals surface area contributed by atoms with Crippen LogP contribution in [0, 0.1) is 46.5 Å². The maximum atomic E-state index is 14.2. The molecule has 0 bridgehead atoms. The van der Waals surface area contributed by atoms with Crippen LogP contribution in [0.15, 0.2) is 0 Å². The molecular weight excluding hydrogens is 408 g/mol. The first-order chi connectivity index (χ1) is 13.0. The molecule has 150 valence electrons. The van der Waals surface area contributed by atoms with E-state index >= 15 is 0 Å². The average Bonchev–Trinajstić information content (AvgIpc) is 2.67. The first-order valence-electron chi connectivity index (χ1n) is 6.89. The van der Waals surface area contributed by atoms with Gasteiger partial charge in [-0.2, -0.15) is 0 Å². The Kier molecular flexibility index (Phi) is 5.62. The van der Waals surface area contributed by atoms with Gasteiger partial charge in [-0.05, 0) is 0 Å². The zero-order valence-electron chi connectivity index (χ0n) is 13.7. The molecule has 2 aromatic carbocycles. The van der Waals surface area contributed by atoms with Crippen molar-refractivity contribution >= 4 is 11.9 Å². The lowest BCUT2D eigenvalue weighted by Gasteiger charge is -2.14. The van der Waals surface area contributed by atoms with E-state index in [1.165, 1.54) is 0 Å². The van der Waals surface area contributed by atoms with Gasteiger partial charge in [0.15, 0.2) is 46.5 Å². The Morgan fingerprint density at radius 2 is 0.714 bits per heavy atom. The van der Waals surface area contributed by atoms with Crippen molar-refractivity contribution < 1.29 is 54.2 Å². The fourth-order valence-electron chi connectivity index (χ4n) is 2.26. The topological polar surface area (TPSA) is 52.6 Å². The number of hydrogen-bond acceptors (Lipinski definition) is 4. The maximum Gasteiger partial charge on any atom is 0.344 e. The molecule has 0 saturated heterocycles. The van der Waals surface area contributed by atoms with Crippen molar-refractivity contribution in [2.45, 2.75) is 0 Å². The van der Waals surface area contributed by atoms with Gasteiger partial charge in [0.05, 0.1) is 25.3 Å². The quantitative estimate of drug-likeness (QED) is 0.432. The standard InChI is InChI=1S/C16H6F8O4/c1-27-15(25)5-11(21)7(17)3(8(18)12(5)22)4-9(19)13(23)6(16(26)28-2)14(24)10(4)20/h1-2H3. The molecule has 0 aliphatic heterocycles. The molecule has 2 aromatic rings. The molecule has 0 amide bonds. The Balaban J connectivity index is 2.99. The number of hydrogen-bond donors (Lipinski definition) is 0. The Labute approximate surface area is 150 Å². The third-order valence-electron chi connectivity index (χ3n) is 3.56. The highest BCUT2D eigenvalue weighted by Crippen LogP contribution is 2.38. The lowest BCUT2D eigenvalue weighted by atomic mass is 9.97. The summed E-state index contributed by atoms with van der Waals surface area (Å²) in [4.78, 5) is 22.5. The summed E-state index contributed by atoms with van der Waals surface area (Å²) >= 11 is 0. The number of carbonyl (C=O) groups is 2. The Hall–Kier alpha value is -3.18. The van der Waals surface area contributed by atoms with Crippen LogP contribution in [0.4, 0.5) is 35.1 Å². The summed E-state index contributed by atoms with van der Waals surface area (Å²) in [6.45, 7) is 0. The normalized spacial score (nSPS) is 10.8. The van der Waals surface area contributed by atoms with Gasteiger partial charge in [0, 0.05) is 0 Å². The SMILES string of the molecule is COC(=O)c1c(F)c(F)c(-c2c(F)c(F)c(C(=O)OC)c(F)c2F)c(F)c1F. The van der Waals surface area contributed by atoms with Gasteiger partial charge in [0.25, 0.3) is 0 Å². The molecule has 0 aliphatic rings. The molecule has 0 fully saturated rings. The molecule has 0 saturated carbocycles. The van der Waals surface area contributed by atoms with Gasteiger partial charge in [-0.25, -0.2) is 44.7 Å². The summed E-state index contributed by atoms with van der Waals surface area (Å²) in [5.74, 6) is -23.6. The van der Waals surface area contributed by atoms with E-state index in [-0.39, 0.29) is 0 Å². The Morgan fingerprint density at radius 3 is 0.893 bits per heavy atom. The lowest BCUT2D eigenvalue weighted by molar-refractivity contribution is 0.0577. The molecule has 0 aliphatic carbocycles. The molecule has 12 heteroatoms. The van der Waals surface area contributed by atoms with Gasteiger partial charge in [-0.3, -0.25) is 0 Å². The number of methoxy groups -OCH3 is 2. The van der Waals surface area contributed by atoms with Crippen LogP contribution < -0.4 is 0 Å². The summed E-state index contributed by atoms with van der Waals surface area (Å²) in [6.07, 6.45) is 0. The van der Waals surface area contributed by atoms with E-state index in [1.807, 2.05) is 0 Å². The predicted octanol–water partition coefficient (Wildman–Crippen LogP) is 4.04. The second kappa shape index (κ2) is 7.44. The average molecular weight is 414 g/mol. The summed E-state index contributed by atoms with van der Waals surface area (Å²) in [5, 5.41) is 0. The highest BCUT2D eigenvalue weighted by molar-refractivity contribution is 5.92. The number of carbonyl (C=O) groups excluding carboxylic acids is 2. The largest absolute Gasteiger partial charge is 0.465 e. The molecular formula is C16H6F8O4. The second-order valence-corrected chi connectivity index (χ2v) is 5.00. The van der Waals surface area contributed by atoms with E-state index < -0.39 is 80.7 Å². The first-order valence-corrected chi connectivity index (χ1v) is 6.89. The van der Waals surface area contributed by atoms with Crippen LogP contribution in [0.5, 0.6) is 0 Å². The van der Waals surface area contributed by atoms with Crippen molar-refractivity contribution in [2.75, 3.05) is 14.2 Å². The maximum absolute atomic E-state index is 14.2. The van der Waals surface area contributed by atoms with Crippen molar-refractivity contribution in [3.8, 4) is 11.1 Å². The van der Waals surface area contributed by atoms with Crippen molar-refractivity contribution in [1.82, 2.24) is 0 Å². The Bertz CT molecular complexity index is 879. The van der Waals surface area contributed by atoms with Crippen LogP contribution >= 0.6 is 0 Å². The van der Waals surface area contributed by atoms with Gasteiger partial charge in [-0.1, -0.05) is 0 Å². The third kappa shape index (κ3) is 2.94. The van der Waals surface area contributed by atoms with Crippen molar-refractivity contribution in [3.05, 3.63) is 57.7 Å². The number of esters is 2. The molecule has 4 nitrogen and oxygen atoms in total. The van der Waals surface area contributed by atoms with E-state index in [0.717, 1.165) is 0 Å². The molecule has 0 spiro atoms. The highest BCUT2D eigenvalue weighted by atomic mass is 19.2. The Morgan fingerprint density at radius 1 is 0.500 bits per heavy atom. The molecule has 28 heavy (non-hydrogen) atoms. The molecule has 2 rings (SSSR count). The summed E-state index contributed by atoms with van der Waals surface area (Å²) in [5.41, 5.74) is -8.14. The first kappa shape index (κ1) is 21.1. The number of benzene rings is 2. The van der Waals surface area contributed by atoms with Crippen molar-refractivity contribution in [3.63, 3.8) is 0 Å². The predicted molar refractivity (Wildman–Crippen MR) is 74.2 cm³/mol. The van der Waals surface area contributed by atoms with Gasteiger partial charge in [0.2, 0.25) is 0 Å². The fraction of sp³-hybridized carbons (Fsp3) is 0.125. The molecule has 0 unspecified atom stereocenters. The third-order valence-corrected chi connectivity index (χ3v) is 3.56. The monoisotopic (exact) mass is 414 g/mol. The van der Waals surface area contributed by atoms with Crippen LogP contribution in [-0.4, -0.2) is 26.2 Å². The molecule has 0 heterocycles. The fourth-order valence-corrected chi connectivity index (χ4v) is 2.26. The van der Waals surface area contributed by atoms with E-state index in [1.54, 1.807) is 0 Å². The lowest BCUT2D eigenvalue weighted by Crippen LogP contribution is -2.16. The van der Waals surface area contributed by atoms with E-state index in [0.29, 0.717) is 14.2 Å². The second-order valence-electron chi connectivity index (χ2n) is 5.00. The van der Waals surface area contributed by atoms with Crippen LogP contribution in [-0.2, 0) is 9.47 Å². The summed E-state index contributed by atoms with van der Waals surface area (Å²) in [6, 6.07) is 0. The van der Waals surface area contributed by atoms with E-state index in [4.69, 9.17) is 0 Å². The van der Waals surface area contributed by atoms with Gasteiger partial charge in [0.1, 0.15) is 11.1 Å². The minimum absolute atomic E-state index is 0.612. The molecule has 0 radical (unpaired) electrons. The van der Waals surface area contributed by atoms with Crippen LogP contribution in [0.1, 0.15) is 20.7 Å². The van der Waals surface area contributed by atoms with Gasteiger partial charge in [-0.15, -0.1) is 0 Å². The number of ether oxygens (including phenoxy) is 2. The van der Waals surface area contributed by atoms with Crippen LogP contribution in [0.2, 0.25) is 0 Å². The number of rotatable bonds is 3. The van der Waals surface area contributed by atoms with Crippen LogP contribution in [0.3, 0.4) is 0 Å². The van der Waals surface area contributed by atoms with Crippen LogP contribution in [0.25, 0.3) is 11.1 Å². The number of halogens is 8. The minimum Gasteiger partial charge on any atom is -0.465 e. The smallest absolute Gasteiger partial charge is 0.344 e. The minimum atomic E-state index is -2.54. The van der Waals surface area contributed by atoms with Gasteiger partial charge >= 0.3 is 11.9 Å².